The second-order valence-electron chi connectivity index (χ2n) is 15.2. The normalized spacial score (nSPS) is 13.6. The zero-order valence-electron chi connectivity index (χ0n) is 34.6. The minimum absolute atomic E-state index is 0.0784. The van der Waals surface area contributed by atoms with Gasteiger partial charge in [-0.05, 0) is 78.1 Å². The van der Waals surface area contributed by atoms with E-state index in [4.69, 9.17) is 9.47 Å². The van der Waals surface area contributed by atoms with E-state index < -0.39 is 12.2 Å². The zero-order valence-corrected chi connectivity index (χ0v) is 34.6. The molecule has 0 radical (unpaired) electrons. The Bertz CT molecular complexity index is 2590. The second-order valence-corrected chi connectivity index (χ2v) is 15.2. The number of aromatic amines is 1. The molecule has 1 unspecified atom stereocenters. The first-order valence-electron chi connectivity index (χ1n) is 20.5. The van der Waals surface area contributed by atoms with Crippen molar-refractivity contribution >= 4 is 45.9 Å². The average Bonchev–Trinajstić information content (AvgIpc) is 3.29. The Morgan fingerprint density at radius 1 is 0.871 bits per heavy atom. The molecule has 1 fully saturated rings. The number of aliphatic hydroxyl groups is 1. The molecule has 0 saturated carbocycles. The van der Waals surface area contributed by atoms with Crippen LogP contribution < -0.4 is 31.1 Å². The Kier molecular flexibility index (Phi) is 13.9. The highest BCUT2D eigenvalue weighted by molar-refractivity contribution is 6.06. The van der Waals surface area contributed by atoms with Crippen molar-refractivity contribution < 1.29 is 34.1 Å². The minimum atomic E-state index is -0.920. The van der Waals surface area contributed by atoms with E-state index in [-0.39, 0.29) is 47.7 Å². The molecular formula is C48H50N6O8. The highest BCUT2D eigenvalue weighted by Crippen LogP contribution is 2.31. The third-order valence-electron chi connectivity index (χ3n) is 11.0. The van der Waals surface area contributed by atoms with Crippen LogP contribution in [0.15, 0.2) is 126 Å². The van der Waals surface area contributed by atoms with E-state index in [1.54, 1.807) is 60.5 Å². The lowest BCUT2D eigenvalue weighted by atomic mass is 10.0. The van der Waals surface area contributed by atoms with Gasteiger partial charge in [0.1, 0.15) is 17.6 Å². The van der Waals surface area contributed by atoms with E-state index in [9.17, 15) is 29.4 Å². The molecule has 1 atom stereocenters. The highest BCUT2D eigenvalue weighted by Gasteiger charge is 2.24. The van der Waals surface area contributed by atoms with Crippen molar-refractivity contribution in [2.75, 3.05) is 55.9 Å². The average molecular weight is 839 g/mol. The number of nitrogens with zero attached hydrogens (tertiary/aromatic N) is 2. The van der Waals surface area contributed by atoms with Crippen molar-refractivity contribution in [3.63, 3.8) is 0 Å². The Morgan fingerprint density at radius 3 is 2.44 bits per heavy atom. The summed E-state index contributed by atoms with van der Waals surface area (Å²) in [5.41, 5.74) is 5.32. The number of piperidine rings is 1. The van der Waals surface area contributed by atoms with Gasteiger partial charge in [-0.1, -0.05) is 66.7 Å². The van der Waals surface area contributed by atoms with Crippen LogP contribution in [0.25, 0.3) is 22.0 Å². The number of ether oxygens (including phenoxy) is 2. The lowest BCUT2D eigenvalue weighted by Gasteiger charge is -2.31. The Labute approximate surface area is 359 Å². The number of carbonyl (C=O) groups is 3. The Hall–Kier alpha value is -7.00. The summed E-state index contributed by atoms with van der Waals surface area (Å²) in [7, 11) is 3.20. The zero-order chi connectivity index (χ0) is 43.6. The number of pyridine rings is 1. The standard InChI is InChI=1S/C48H50N6O8/c1-53(45(58)23-26-54-24-21-35(22-25-54)62-48(60)51-39-14-7-6-13-36(39)32-9-4-3-5-10-32)34-12-8-11-33(28-34)47(59)50-40-18-15-31(27-43(40)61-2)29-49-30-42(56)37-16-19-41(55)46-38(37)17-20-44(57)52-46/h3-20,27-28,35,42,49,55-56H,21-26,29-30H2,1-2H3,(H,50,59)(H,51,60)(H,52,57). The number of aromatic nitrogens is 1. The summed E-state index contributed by atoms with van der Waals surface area (Å²) in [5, 5.41) is 30.7. The van der Waals surface area contributed by atoms with E-state index >= 15 is 0 Å². The number of phenols is 1. The number of rotatable bonds is 15. The number of likely N-dealkylation sites (tertiary alicyclic amines) is 1. The van der Waals surface area contributed by atoms with Crippen molar-refractivity contribution in [3.8, 4) is 22.6 Å². The predicted molar refractivity (Wildman–Crippen MR) is 240 cm³/mol. The molecule has 14 heteroatoms. The molecule has 0 aliphatic carbocycles. The van der Waals surface area contributed by atoms with E-state index in [2.05, 4.69) is 25.8 Å². The molecule has 6 N–H and O–H groups in total. The molecule has 14 nitrogen and oxygen atoms in total. The largest absolute Gasteiger partial charge is 0.506 e. The van der Waals surface area contributed by atoms with E-state index in [1.165, 1.54) is 19.2 Å². The van der Waals surface area contributed by atoms with Crippen LogP contribution in [0.4, 0.5) is 21.9 Å². The molecule has 6 aromatic rings. The highest BCUT2D eigenvalue weighted by atomic mass is 16.6. The van der Waals surface area contributed by atoms with E-state index in [0.717, 1.165) is 16.7 Å². The number of aliphatic hydroxyl groups excluding tert-OH is 1. The second kappa shape index (κ2) is 20.0. The summed E-state index contributed by atoms with van der Waals surface area (Å²) in [6.07, 6.45) is -0.0278. The van der Waals surface area contributed by atoms with Gasteiger partial charge in [-0.15, -0.1) is 0 Å². The van der Waals surface area contributed by atoms with Crippen molar-refractivity contribution in [1.29, 1.82) is 0 Å². The molecule has 1 saturated heterocycles. The molecule has 3 amide bonds. The van der Waals surface area contributed by atoms with Gasteiger partial charge in [0.25, 0.3) is 5.91 Å². The first-order valence-corrected chi connectivity index (χ1v) is 20.5. The molecular weight excluding hydrogens is 789 g/mol. The number of aromatic hydroxyl groups is 1. The topological polar surface area (TPSA) is 186 Å². The Balaban J connectivity index is 0.857. The molecule has 1 aliphatic rings. The van der Waals surface area contributed by atoms with Gasteiger partial charge in [0, 0.05) is 74.5 Å². The van der Waals surface area contributed by atoms with Crippen LogP contribution in [0.3, 0.4) is 0 Å². The van der Waals surface area contributed by atoms with Gasteiger partial charge >= 0.3 is 6.09 Å². The summed E-state index contributed by atoms with van der Waals surface area (Å²) >= 11 is 0. The molecule has 1 aromatic heterocycles. The Morgan fingerprint density at radius 2 is 1.65 bits per heavy atom. The first kappa shape index (κ1) is 43.1. The van der Waals surface area contributed by atoms with Crippen LogP contribution >= 0.6 is 0 Å². The maximum absolute atomic E-state index is 13.4. The van der Waals surface area contributed by atoms with Gasteiger partial charge in [-0.2, -0.15) is 0 Å². The molecule has 1 aliphatic heterocycles. The summed E-state index contributed by atoms with van der Waals surface area (Å²) in [5.74, 6) is -0.103. The number of carbonyl (C=O) groups excluding carboxylic acids is 3. The molecule has 62 heavy (non-hydrogen) atoms. The van der Waals surface area contributed by atoms with Crippen LogP contribution in [-0.2, 0) is 16.1 Å². The maximum atomic E-state index is 13.4. The van der Waals surface area contributed by atoms with Gasteiger partial charge in [0.15, 0.2) is 0 Å². The van der Waals surface area contributed by atoms with Gasteiger partial charge in [0.05, 0.1) is 30.1 Å². The fourth-order valence-corrected chi connectivity index (χ4v) is 7.58. The number of benzene rings is 5. The van der Waals surface area contributed by atoms with Crippen LogP contribution in [0.1, 0.15) is 46.9 Å². The monoisotopic (exact) mass is 838 g/mol. The van der Waals surface area contributed by atoms with Gasteiger partial charge in [-0.3, -0.25) is 19.7 Å². The summed E-state index contributed by atoms with van der Waals surface area (Å²) < 4.78 is 11.4. The number of para-hydroxylation sites is 1. The number of phenolic OH excluding ortho intramolecular Hbond substituents is 1. The summed E-state index contributed by atoms with van der Waals surface area (Å²) in [6.45, 7) is 2.51. The number of anilines is 3. The van der Waals surface area contributed by atoms with E-state index in [1.807, 2.05) is 60.7 Å². The van der Waals surface area contributed by atoms with Crippen LogP contribution in [-0.4, -0.2) is 84.4 Å². The number of nitrogens with one attached hydrogen (secondary N) is 4. The summed E-state index contributed by atoms with van der Waals surface area (Å²) in [4.78, 5) is 57.7. The van der Waals surface area contributed by atoms with Crippen molar-refractivity contribution in [2.24, 2.45) is 0 Å². The molecule has 5 aromatic carbocycles. The lowest BCUT2D eigenvalue weighted by molar-refractivity contribution is -0.118. The van der Waals surface area contributed by atoms with Gasteiger partial charge in [0.2, 0.25) is 11.5 Å². The number of methoxy groups -OCH3 is 1. The number of H-pyrrole nitrogens is 1. The fourth-order valence-electron chi connectivity index (χ4n) is 7.58. The number of hydrogen-bond donors (Lipinski definition) is 6. The molecule has 2 heterocycles. The summed E-state index contributed by atoms with van der Waals surface area (Å²) in [6, 6.07) is 35.7. The molecule has 320 valence electrons. The van der Waals surface area contributed by atoms with Crippen LogP contribution in [0.5, 0.6) is 11.5 Å². The molecule has 0 bridgehead atoms. The fraction of sp³-hybridized carbons (Fsp3) is 0.250. The SMILES string of the molecule is COc1cc(CNCC(O)c2ccc(O)c3[nH]c(=O)ccc23)ccc1NC(=O)c1cccc(N(C)C(=O)CCN2CCC(OC(=O)Nc3ccccc3-c3ccccc3)CC2)c1. The predicted octanol–water partition coefficient (Wildman–Crippen LogP) is 7.05. The molecule has 7 rings (SSSR count). The van der Waals surface area contributed by atoms with Crippen molar-refractivity contribution in [2.45, 2.75) is 38.0 Å². The number of amides is 3. The van der Waals surface area contributed by atoms with Crippen LogP contribution in [0, 0.1) is 0 Å². The van der Waals surface area contributed by atoms with Gasteiger partial charge in [-0.25, -0.2) is 4.79 Å². The number of hydrogen-bond acceptors (Lipinski definition) is 10. The minimum Gasteiger partial charge on any atom is -0.506 e. The quantitative estimate of drug-likeness (QED) is 0.0626. The maximum Gasteiger partial charge on any atom is 0.411 e. The smallest absolute Gasteiger partial charge is 0.411 e. The van der Waals surface area contributed by atoms with Crippen molar-refractivity contribution in [1.82, 2.24) is 15.2 Å². The first-order chi connectivity index (χ1) is 30.1. The third-order valence-corrected chi connectivity index (χ3v) is 11.0. The van der Waals surface area contributed by atoms with Crippen molar-refractivity contribution in [3.05, 3.63) is 148 Å². The number of fused-ring (bicyclic) bond motifs is 1. The third kappa shape index (κ3) is 10.7. The van der Waals surface area contributed by atoms with Crippen LogP contribution in [0.2, 0.25) is 0 Å². The molecule has 0 spiro atoms. The van der Waals surface area contributed by atoms with E-state index in [0.29, 0.717) is 78.3 Å². The lowest BCUT2D eigenvalue weighted by Crippen LogP contribution is -2.40. The van der Waals surface area contributed by atoms with Gasteiger partial charge < -0.3 is 45.1 Å².